The molecule has 2 aromatic rings. The summed E-state index contributed by atoms with van der Waals surface area (Å²) >= 11 is 0. The van der Waals surface area contributed by atoms with Gasteiger partial charge in [-0.3, -0.25) is 0 Å². The van der Waals surface area contributed by atoms with Gasteiger partial charge in [-0.1, -0.05) is 42.3 Å². The summed E-state index contributed by atoms with van der Waals surface area (Å²) in [5, 5.41) is 9.38. The second-order valence-electron chi connectivity index (χ2n) is 4.55. The predicted octanol–water partition coefficient (Wildman–Crippen LogP) is 3.34. The van der Waals surface area contributed by atoms with E-state index in [0.29, 0.717) is 12.0 Å². The van der Waals surface area contributed by atoms with Gasteiger partial charge in [0.1, 0.15) is 11.9 Å². The maximum Gasteiger partial charge on any atom is 0.126 e. The molecule has 0 fully saturated rings. The molecule has 2 heteroatoms. The highest BCUT2D eigenvalue weighted by atomic mass is 19.1. The van der Waals surface area contributed by atoms with Crippen LogP contribution in [0.3, 0.4) is 0 Å². The molecule has 0 heterocycles. The van der Waals surface area contributed by atoms with Gasteiger partial charge in [-0.05, 0) is 35.2 Å². The summed E-state index contributed by atoms with van der Waals surface area (Å²) in [4.78, 5) is 0. The molecule has 2 aromatic carbocycles. The molecule has 0 saturated heterocycles. The van der Waals surface area contributed by atoms with E-state index < -0.39 is 6.10 Å². The molecule has 0 bridgehead atoms. The summed E-state index contributed by atoms with van der Waals surface area (Å²) < 4.78 is 13.5. The molecule has 0 aromatic heterocycles. The lowest BCUT2D eigenvalue weighted by atomic mass is 10.0. The summed E-state index contributed by atoms with van der Waals surface area (Å²) in [6.07, 6.45) is 4.80. The van der Waals surface area contributed by atoms with Crippen LogP contribution < -0.4 is 0 Å². The molecule has 1 unspecified atom stereocenters. The van der Waals surface area contributed by atoms with E-state index in [2.05, 4.69) is 5.92 Å². The van der Waals surface area contributed by atoms with Crippen molar-refractivity contribution in [2.75, 3.05) is 0 Å². The van der Waals surface area contributed by atoms with E-state index in [4.69, 9.17) is 6.42 Å². The maximum atomic E-state index is 13.5. The van der Waals surface area contributed by atoms with Crippen LogP contribution in [0, 0.1) is 25.1 Å². The first kappa shape index (κ1) is 13.3. The molecule has 96 valence electrons. The van der Waals surface area contributed by atoms with Crippen LogP contribution in [0.15, 0.2) is 42.5 Å². The molecule has 0 spiro atoms. The molecule has 0 amide bonds. The summed E-state index contributed by atoms with van der Waals surface area (Å²) in [7, 11) is 0. The number of hydrogen-bond acceptors (Lipinski definition) is 1. The Morgan fingerprint density at radius 2 is 1.79 bits per heavy atom. The molecule has 1 N–H and O–H groups in total. The van der Waals surface area contributed by atoms with E-state index in [1.807, 2.05) is 30.3 Å². The Labute approximate surface area is 112 Å². The minimum absolute atomic E-state index is 0.204. The van der Waals surface area contributed by atoms with Crippen LogP contribution in [-0.4, -0.2) is 11.2 Å². The van der Waals surface area contributed by atoms with Crippen LogP contribution in [0.25, 0.3) is 11.1 Å². The zero-order valence-corrected chi connectivity index (χ0v) is 10.7. The summed E-state index contributed by atoms with van der Waals surface area (Å²) in [5.74, 6) is 2.08. The molecule has 1 atom stereocenters. The van der Waals surface area contributed by atoms with Crippen LogP contribution in [0.5, 0.6) is 0 Å². The Morgan fingerprint density at radius 3 is 2.37 bits per heavy atom. The third-order valence-electron chi connectivity index (χ3n) is 3.08. The Morgan fingerprint density at radius 1 is 1.16 bits per heavy atom. The highest BCUT2D eigenvalue weighted by molar-refractivity contribution is 5.64. The normalized spacial score (nSPS) is 11.9. The predicted molar refractivity (Wildman–Crippen MR) is 75.1 cm³/mol. The fourth-order valence-electron chi connectivity index (χ4n) is 1.89. The highest BCUT2D eigenvalue weighted by Crippen LogP contribution is 2.22. The Balaban J connectivity index is 2.22. The van der Waals surface area contributed by atoms with Gasteiger partial charge in [0.15, 0.2) is 0 Å². The minimum Gasteiger partial charge on any atom is -0.380 e. The van der Waals surface area contributed by atoms with Gasteiger partial charge in [-0.25, -0.2) is 4.39 Å². The number of halogens is 1. The molecule has 0 saturated carbocycles. The van der Waals surface area contributed by atoms with Gasteiger partial charge in [0.05, 0.1) is 0 Å². The lowest BCUT2D eigenvalue weighted by molar-refractivity contribution is 0.233. The lowest BCUT2D eigenvalue weighted by Gasteiger charge is -2.07. The first-order valence-corrected chi connectivity index (χ1v) is 6.10. The van der Waals surface area contributed by atoms with Crippen molar-refractivity contribution in [1.82, 2.24) is 0 Å². The van der Waals surface area contributed by atoms with Gasteiger partial charge >= 0.3 is 0 Å². The van der Waals surface area contributed by atoms with Gasteiger partial charge < -0.3 is 5.11 Å². The van der Waals surface area contributed by atoms with E-state index in [1.165, 1.54) is 6.07 Å². The van der Waals surface area contributed by atoms with Crippen molar-refractivity contribution in [3.05, 3.63) is 59.4 Å². The standard InChI is InChI=1S/C17H15FO/c1-3-16(19)10-13-5-8-14(9-6-13)15-7-4-12(2)17(18)11-15/h1,4-9,11,16,19H,10H2,2H3. The van der Waals surface area contributed by atoms with E-state index in [1.54, 1.807) is 13.0 Å². The zero-order valence-electron chi connectivity index (χ0n) is 10.7. The van der Waals surface area contributed by atoms with Crippen LogP contribution in [-0.2, 0) is 6.42 Å². The number of benzene rings is 2. The van der Waals surface area contributed by atoms with Gasteiger partial charge in [0.25, 0.3) is 0 Å². The molecule has 0 aliphatic rings. The van der Waals surface area contributed by atoms with Crippen molar-refractivity contribution < 1.29 is 9.50 Å². The van der Waals surface area contributed by atoms with E-state index in [0.717, 1.165) is 16.7 Å². The molecular weight excluding hydrogens is 239 g/mol. The topological polar surface area (TPSA) is 20.2 Å². The lowest BCUT2D eigenvalue weighted by Crippen LogP contribution is -2.06. The van der Waals surface area contributed by atoms with Crippen molar-refractivity contribution in [1.29, 1.82) is 0 Å². The van der Waals surface area contributed by atoms with Crippen LogP contribution in [0.4, 0.5) is 4.39 Å². The van der Waals surface area contributed by atoms with Gasteiger partial charge in [0.2, 0.25) is 0 Å². The Hall–Kier alpha value is -2.11. The number of aliphatic hydroxyl groups is 1. The second kappa shape index (κ2) is 5.69. The van der Waals surface area contributed by atoms with Gasteiger partial charge in [-0.2, -0.15) is 0 Å². The molecule has 0 aliphatic carbocycles. The zero-order chi connectivity index (χ0) is 13.8. The number of terminal acetylenes is 1. The monoisotopic (exact) mass is 254 g/mol. The number of hydrogen-bond donors (Lipinski definition) is 1. The molecule has 2 rings (SSSR count). The highest BCUT2D eigenvalue weighted by Gasteiger charge is 2.04. The Kier molecular flexibility index (Phi) is 3.99. The van der Waals surface area contributed by atoms with Crippen molar-refractivity contribution in [3.63, 3.8) is 0 Å². The summed E-state index contributed by atoms with van der Waals surface area (Å²) in [5.41, 5.74) is 3.38. The van der Waals surface area contributed by atoms with E-state index in [-0.39, 0.29) is 5.82 Å². The quantitative estimate of drug-likeness (QED) is 0.833. The van der Waals surface area contributed by atoms with E-state index >= 15 is 0 Å². The van der Waals surface area contributed by atoms with Crippen molar-refractivity contribution in [2.24, 2.45) is 0 Å². The van der Waals surface area contributed by atoms with Gasteiger partial charge in [0, 0.05) is 6.42 Å². The van der Waals surface area contributed by atoms with Gasteiger partial charge in [-0.15, -0.1) is 6.42 Å². The van der Waals surface area contributed by atoms with Crippen LogP contribution in [0.2, 0.25) is 0 Å². The largest absolute Gasteiger partial charge is 0.380 e. The minimum atomic E-state index is -0.761. The SMILES string of the molecule is C#CC(O)Cc1ccc(-c2ccc(C)c(F)c2)cc1. The fraction of sp³-hybridized carbons (Fsp3) is 0.176. The summed E-state index contributed by atoms with van der Waals surface area (Å²) in [6.45, 7) is 1.74. The molecule has 1 nitrogen and oxygen atoms in total. The average Bonchev–Trinajstić information content (AvgIpc) is 2.42. The molecule has 0 radical (unpaired) electrons. The van der Waals surface area contributed by atoms with Crippen LogP contribution >= 0.6 is 0 Å². The number of rotatable bonds is 3. The first-order valence-electron chi connectivity index (χ1n) is 6.10. The third-order valence-corrected chi connectivity index (χ3v) is 3.08. The van der Waals surface area contributed by atoms with Crippen molar-refractivity contribution in [2.45, 2.75) is 19.4 Å². The molecular formula is C17H15FO. The number of aliphatic hydroxyl groups excluding tert-OH is 1. The van der Waals surface area contributed by atoms with E-state index in [9.17, 15) is 9.50 Å². The smallest absolute Gasteiger partial charge is 0.126 e. The average molecular weight is 254 g/mol. The fourth-order valence-corrected chi connectivity index (χ4v) is 1.89. The second-order valence-corrected chi connectivity index (χ2v) is 4.55. The summed E-state index contributed by atoms with van der Waals surface area (Å²) in [6, 6.07) is 12.8. The van der Waals surface area contributed by atoms with Crippen LogP contribution in [0.1, 0.15) is 11.1 Å². The number of aryl methyl sites for hydroxylation is 1. The Bertz CT molecular complexity index is 608. The van der Waals surface area contributed by atoms with Crippen molar-refractivity contribution in [3.8, 4) is 23.5 Å². The molecule has 19 heavy (non-hydrogen) atoms. The van der Waals surface area contributed by atoms with Crippen molar-refractivity contribution >= 4 is 0 Å². The third kappa shape index (κ3) is 3.21. The maximum absolute atomic E-state index is 13.5. The first-order chi connectivity index (χ1) is 9.10. The molecule has 0 aliphatic heterocycles.